The zero-order chi connectivity index (χ0) is 14.6. The highest BCUT2D eigenvalue weighted by Crippen LogP contribution is 2.26. The molecule has 0 spiro atoms. The zero-order valence-electron chi connectivity index (χ0n) is 10.8. The van der Waals surface area contributed by atoms with Crippen LogP contribution in [0.15, 0.2) is 21.9 Å². The van der Waals surface area contributed by atoms with Crippen molar-refractivity contribution in [2.75, 3.05) is 24.2 Å². The van der Waals surface area contributed by atoms with E-state index in [1.807, 2.05) is 0 Å². The Labute approximate surface area is 120 Å². The Balaban J connectivity index is 2.09. The van der Waals surface area contributed by atoms with Crippen LogP contribution >= 0.6 is 11.3 Å². The lowest BCUT2D eigenvalue weighted by atomic mass is 10.3. The first kappa shape index (κ1) is 15.0. The van der Waals surface area contributed by atoms with E-state index >= 15 is 0 Å². The molecule has 9 heteroatoms. The maximum absolute atomic E-state index is 11.7. The maximum atomic E-state index is 11.7. The van der Waals surface area contributed by atoms with Crippen molar-refractivity contribution >= 4 is 26.5 Å². The van der Waals surface area contributed by atoms with Gasteiger partial charge in [0.15, 0.2) is 10.9 Å². The lowest BCUT2D eigenvalue weighted by Crippen LogP contribution is -2.19. The van der Waals surface area contributed by atoms with E-state index in [1.54, 1.807) is 17.5 Å². The number of ether oxygens (including phenoxy) is 1. The lowest BCUT2D eigenvalue weighted by molar-refractivity contribution is 0.217. The predicted octanol–water partition coefficient (Wildman–Crippen LogP) is 1.25. The van der Waals surface area contributed by atoms with Crippen LogP contribution in [0, 0.1) is 0 Å². The molecular weight excluding hydrogens is 302 g/mol. The molecule has 0 saturated heterocycles. The highest BCUT2D eigenvalue weighted by Gasteiger charge is 2.14. The summed E-state index contributed by atoms with van der Waals surface area (Å²) < 4.78 is 36.0. The molecule has 0 aliphatic rings. The highest BCUT2D eigenvalue weighted by molar-refractivity contribution is 7.92. The van der Waals surface area contributed by atoms with Gasteiger partial charge in [0.2, 0.25) is 10.0 Å². The second-order valence-corrected chi connectivity index (χ2v) is 6.62. The average molecular weight is 317 g/mol. The van der Waals surface area contributed by atoms with Crippen LogP contribution in [-0.4, -0.2) is 32.9 Å². The first-order valence-corrected chi connectivity index (χ1v) is 8.31. The van der Waals surface area contributed by atoms with Gasteiger partial charge in [0.25, 0.3) is 0 Å². The Bertz CT molecular complexity index is 663. The number of nitrogens with two attached hydrogens (primary N) is 1. The van der Waals surface area contributed by atoms with Crippen molar-refractivity contribution < 1.29 is 17.6 Å². The summed E-state index contributed by atoms with van der Waals surface area (Å²) in [5.74, 6) is 1.09. The molecule has 0 aromatic carbocycles. The van der Waals surface area contributed by atoms with Gasteiger partial charge in [-0.05, 0) is 12.1 Å². The molecule has 0 fully saturated rings. The summed E-state index contributed by atoms with van der Waals surface area (Å²) in [7, 11) is -2.00. The largest absolute Gasteiger partial charge is 0.458 e. The number of rotatable bonds is 7. The van der Waals surface area contributed by atoms with E-state index in [2.05, 4.69) is 9.71 Å². The number of hydrogen-bond donors (Lipinski definition) is 2. The molecule has 0 aliphatic heterocycles. The number of methoxy groups -OCH3 is 1. The SMILES string of the molecule is COCCS(=O)(=O)Nc1nc(-c2ccc(CN)o2)cs1. The minimum atomic E-state index is -3.44. The van der Waals surface area contributed by atoms with Crippen LogP contribution in [0.25, 0.3) is 11.5 Å². The number of anilines is 1. The van der Waals surface area contributed by atoms with Crippen molar-refractivity contribution in [2.24, 2.45) is 5.73 Å². The molecule has 3 N–H and O–H groups in total. The fourth-order valence-corrected chi connectivity index (χ4v) is 3.35. The zero-order valence-corrected chi connectivity index (χ0v) is 12.5. The van der Waals surface area contributed by atoms with Gasteiger partial charge in [0.05, 0.1) is 18.9 Å². The summed E-state index contributed by atoms with van der Waals surface area (Å²) in [6.45, 7) is 0.437. The normalized spacial score (nSPS) is 11.7. The third-order valence-corrected chi connectivity index (χ3v) is 4.51. The van der Waals surface area contributed by atoms with Crippen molar-refractivity contribution in [2.45, 2.75) is 6.54 Å². The minimum Gasteiger partial charge on any atom is -0.458 e. The third-order valence-electron chi connectivity index (χ3n) is 2.42. The van der Waals surface area contributed by atoms with Gasteiger partial charge >= 0.3 is 0 Å². The molecule has 0 bridgehead atoms. The van der Waals surface area contributed by atoms with Crippen molar-refractivity contribution in [3.63, 3.8) is 0 Å². The molecule has 0 aliphatic carbocycles. The summed E-state index contributed by atoms with van der Waals surface area (Å²) in [6.07, 6.45) is 0. The first-order chi connectivity index (χ1) is 9.54. The van der Waals surface area contributed by atoms with Crippen LogP contribution in [0.2, 0.25) is 0 Å². The van der Waals surface area contributed by atoms with E-state index in [0.29, 0.717) is 28.9 Å². The highest BCUT2D eigenvalue weighted by atomic mass is 32.2. The number of sulfonamides is 1. The van der Waals surface area contributed by atoms with E-state index in [0.717, 1.165) is 0 Å². The fourth-order valence-electron chi connectivity index (χ4n) is 1.44. The maximum Gasteiger partial charge on any atom is 0.236 e. The van der Waals surface area contributed by atoms with Crippen LogP contribution in [0.4, 0.5) is 5.13 Å². The topological polar surface area (TPSA) is 107 Å². The van der Waals surface area contributed by atoms with Crippen LogP contribution in [0.3, 0.4) is 0 Å². The molecule has 0 radical (unpaired) electrons. The van der Waals surface area contributed by atoms with Crippen molar-refractivity contribution in [1.29, 1.82) is 0 Å². The molecular formula is C11H15N3O4S2. The van der Waals surface area contributed by atoms with Gasteiger partial charge in [-0.2, -0.15) is 0 Å². The number of aromatic nitrogens is 1. The van der Waals surface area contributed by atoms with E-state index in [4.69, 9.17) is 14.9 Å². The molecule has 0 amide bonds. The van der Waals surface area contributed by atoms with Crippen LogP contribution < -0.4 is 10.5 Å². The van der Waals surface area contributed by atoms with E-state index in [-0.39, 0.29) is 12.4 Å². The van der Waals surface area contributed by atoms with E-state index in [9.17, 15) is 8.42 Å². The molecule has 20 heavy (non-hydrogen) atoms. The molecule has 2 aromatic heterocycles. The fraction of sp³-hybridized carbons (Fsp3) is 0.364. The summed E-state index contributed by atoms with van der Waals surface area (Å²) in [5.41, 5.74) is 6.03. The molecule has 2 heterocycles. The Morgan fingerprint density at radius 1 is 1.50 bits per heavy atom. The summed E-state index contributed by atoms with van der Waals surface area (Å²) in [5, 5.41) is 2.01. The Morgan fingerprint density at radius 2 is 2.30 bits per heavy atom. The van der Waals surface area contributed by atoms with Crippen molar-refractivity contribution in [1.82, 2.24) is 4.98 Å². The Morgan fingerprint density at radius 3 is 2.95 bits per heavy atom. The van der Waals surface area contributed by atoms with Crippen molar-refractivity contribution in [3.05, 3.63) is 23.3 Å². The van der Waals surface area contributed by atoms with Gasteiger partial charge in [0.1, 0.15) is 11.5 Å². The number of furan rings is 1. The second-order valence-electron chi connectivity index (χ2n) is 3.92. The van der Waals surface area contributed by atoms with Gasteiger partial charge in [0, 0.05) is 12.5 Å². The minimum absolute atomic E-state index is 0.115. The smallest absolute Gasteiger partial charge is 0.236 e. The summed E-state index contributed by atoms with van der Waals surface area (Å²) in [4.78, 5) is 4.17. The molecule has 7 nitrogen and oxygen atoms in total. The lowest BCUT2D eigenvalue weighted by Gasteiger charge is -2.03. The van der Waals surface area contributed by atoms with Crippen molar-refractivity contribution in [3.8, 4) is 11.5 Å². The van der Waals surface area contributed by atoms with Crippen LogP contribution in [-0.2, 0) is 21.3 Å². The van der Waals surface area contributed by atoms with Crippen LogP contribution in [0.1, 0.15) is 5.76 Å². The quantitative estimate of drug-likeness (QED) is 0.796. The molecule has 2 rings (SSSR count). The number of nitrogens with one attached hydrogen (secondary N) is 1. The van der Waals surface area contributed by atoms with Gasteiger partial charge in [-0.15, -0.1) is 11.3 Å². The first-order valence-electron chi connectivity index (χ1n) is 5.78. The summed E-state index contributed by atoms with van der Waals surface area (Å²) >= 11 is 1.19. The standard InChI is InChI=1S/C11H15N3O4S2/c1-17-4-5-20(15,16)14-11-13-9(7-19-11)10-3-2-8(6-12)18-10/h2-3,7H,4-6,12H2,1H3,(H,13,14). The number of hydrogen-bond acceptors (Lipinski definition) is 7. The number of nitrogens with zero attached hydrogens (tertiary/aromatic N) is 1. The molecule has 0 unspecified atom stereocenters. The Kier molecular flexibility index (Phi) is 4.76. The Hall–Kier alpha value is -1.42. The van der Waals surface area contributed by atoms with E-state index < -0.39 is 10.0 Å². The third kappa shape index (κ3) is 3.79. The van der Waals surface area contributed by atoms with Gasteiger partial charge in [-0.3, -0.25) is 4.72 Å². The van der Waals surface area contributed by atoms with E-state index in [1.165, 1.54) is 18.4 Å². The molecule has 110 valence electrons. The average Bonchev–Trinajstić information content (AvgIpc) is 3.04. The van der Waals surface area contributed by atoms with Gasteiger partial charge < -0.3 is 14.9 Å². The number of thiazole rings is 1. The predicted molar refractivity (Wildman–Crippen MR) is 77.0 cm³/mol. The van der Waals surface area contributed by atoms with Gasteiger partial charge in [-0.25, -0.2) is 13.4 Å². The monoisotopic (exact) mass is 317 g/mol. The summed E-state index contributed by atoms with van der Waals surface area (Å²) in [6, 6.07) is 3.51. The second kappa shape index (κ2) is 6.35. The molecule has 2 aromatic rings. The van der Waals surface area contributed by atoms with Crippen LogP contribution in [0.5, 0.6) is 0 Å². The van der Waals surface area contributed by atoms with Gasteiger partial charge in [-0.1, -0.05) is 0 Å². The molecule has 0 saturated carbocycles. The molecule has 0 atom stereocenters.